The van der Waals surface area contributed by atoms with Crippen LogP contribution in [-0.2, 0) is 0 Å². The molecule has 0 bridgehead atoms. The second-order valence-corrected chi connectivity index (χ2v) is 5.65. The van der Waals surface area contributed by atoms with Crippen LogP contribution in [0.15, 0.2) is 24.4 Å². The lowest BCUT2D eigenvalue weighted by molar-refractivity contribution is -0.383. The number of anilines is 1. The fourth-order valence-corrected chi connectivity index (χ4v) is 2.35. The van der Waals surface area contributed by atoms with Crippen LogP contribution in [0.1, 0.15) is 39.3 Å². The van der Waals surface area contributed by atoms with Gasteiger partial charge in [0.25, 0.3) is 5.69 Å². The summed E-state index contributed by atoms with van der Waals surface area (Å²) in [7, 11) is 0. The van der Waals surface area contributed by atoms with E-state index in [1.807, 2.05) is 13.0 Å². The van der Waals surface area contributed by atoms with Crippen LogP contribution in [0.2, 0.25) is 0 Å². The number of non-ortho nitro benzene ring substituents is 1. The Kier molecular flexibility index (Phi) is 4.11. The normalized spacial score (nSPS) is 11.6. The summed E-state index contributed by atoms with van der Waals surface area (Å²) < 4.78 is 0. The van der Waals surface area contributed by atoms with Crippen LogP contribution in [0, 0.1) is 17.0 Å². The van der Waals surface area contributed by atoms with E-state index in [0.717, 1.165) is 29.6 Å². The van der Waals surface area contributed by atoms with E-state index in [-0.39, 0.29) is 16.1 Å². The molecule has 5 nitrogen and oxygen atoms in total. The number of benzene rings is 1. The van der Waals surface area contributed by atoms with Crippen LogP contribution < -0.4 is 5.32 Å². The Balaban J connectivity index is 2.63. The smallest absolute Gasteiger partial charge is 0.278 e. The van der Waals surface area contributed by atoms with Crippen molar-refractivity contribution in [3.63, 3.8) is 0 Å². The number of rotatable bonds is 5. The number of nitro benzene ring substituents is 1. The summed E-state index contributed by atoms with van der Waals surface area (Å²) in [5, 5.41) is 16.1. The number of fused-ring (bicyclic) bond motifs is 1. The number of nitrogens with zero attached hydrogens (tertiary/aromatic N) is 2. The molecule has 0 radical (unpaired) electrons. The highest BCUT2D eigenvalue weighted by atomic mass is 16.6. The van der Waals surface area contributed by atoms with Crippen molar-refractivity contribution in [3.05, 3.63) is 40.2 Å². The third-order valence-electron chi connectivity index (χ3n) is 4.21. The van der Waals surface area contributed by atoms with Gasteiger partial charge in [-0.1, -0.05) is 13.8 Å². The fraction of sp³-hybridized carbons (Fsp3) is 0.438. The summed E-state index contributed by atoms with van der Waals surface area (Å²) in [4.78, 5) is 15.0. The van der Waals surface area contributed by atoms with Crippen molar-refractivity contribution >= 4 is 22.1 Å². The molecule has 2 rings (SSSR count). The second kappa shape index (κ2) is 5.68. The van der Waals surface area contributed by atoms with Gasteiger partial charge in [0.2, 0.25) is 0 Å². The highest BCUT2D eigenvalue weighted by Gasteiger charge is 2.22. The van der Waals surface area contributed by atoms with Gasteiger partial charge < -0.3 is 5.32 Å². The zero-order valence-corrected chi connectivity index (χ0v) is 12.9. The summed E-state index contributed by atoms with van der Waals surface area (Å²) in [5.41, 5.74) is 1.84. The second-order valence-electron chi connectivity index (χ2n) is 5.65. The van der Waals surface area contributed by atoms with Crippen molar-refractivity contribution in [2.75, 3.05) is 5.32 Å². The summed E-state index contributed by atoms with van der Waals surface area (Å²) in [6.45, 7) is 8.32. The molecule has 112 valence electrons. The Bertz CT molecular complexity index is 679. The topological polar surface area (TPSA) is 68.1 Å². The quantitative estimate of drug-likeness (QED) is 0.652. The molecule has 21 heavy (non-hydrogen) atoms. The molecule has 0 aliphatic heterocycles. The Morgan fingerprint density at radius 2 is 1.95 bits per heavy atom. The highest BCUT2D eigenvalue weighted by Crippen LogP contribution is 2.33. The largest absolute Gasteiger partial charge is 0.379 e. The molecule has 1 heterocycles. The van der Waals surface area contributed by atoms with E-state index in [1.165, 1.54) is 0 Å². The predicted molar refractivity (Wildman–Crippen MR) is 85.7 cm³/mol. The Morgan fingerprint density at radius 1 is 1.29 bits per heavy atom. The van der Waals surface area contributed by atoms with Crippen LogP contribution in [-0.4, -0.2) is 15.4 Å². The van der Waals surface area contributed by atoms with Gasteiger partial charge in [0.05, 0.1) is 10.3 Å². The van der Waals surface area contributed by atoms with Gasteiger partial charge in [0.15, 0.2) is 0 Å². The molecule has 1 aromatic heterocycles. The van der Waals surface area contributed by atoms with Crippen LogP contribution >= 0.6 is 0 Å². The standard InChI is InChI=1S/C16H21N3O2/c1-5-16(4,6-2)18-14-7-8-15(19(20)21)13-10-17-11(3)9-12(13)14/h7-10,18H,5-6H2,1-4H3. The van der Waals surface area contributed by atoms with Crippen molar-refractivity contribution in [2.45, 2.75) is 46.1 Å². The summed E-state index contributed by atoms with van der Waals surface area (Å²) in [6, 6.07) is 5.24. The third-order valence-corrected chi connectivity index (χ3v) is 4.21. The number of aryl methyl sites for hydroxylation is 1. The average molecular weight is 287 g/mol. The molecule has 0 spiro atoms. The lowest BCUT2D eigenvalue weighted by Crippen LogP contribution is -2.33. The van der Waals surface area contributed by atoms with E-state index >= 15 is 0 Å². The number of hydrogen-bond acceptors (Lipinski definition) is 4. The minimum absolute atomic E-state index is 0.0275. The molecular formula is C16H21N3O2. The van der Waals surface area contributed by atoms with E-state index in [2.05, 4.69) is 31.1 Å². The fourth-order valence-electron chi connectivity index (χ4n) is 2.35. The van der Waals surface area contributed by atoms with E-state index in [4.69, 9.17) is 0 Å². The first-order chi connectivity index (χ1) is 9.90. The molecule has 0 unspecified atom stereocenters. The first-order valence-electron chi connectivity index (χ1n) is 7.22. The summed E-state index contributed by atoms with van der Waals surface area (Å²) in [6.07, 6.45) is 3.54. The van der Waals surface area contributed by atoms with Gasteiger partial charge >= 0.3 is 0 Å². The first-order valence-corrected chi connectivity index (χ1v) is 7.22. The van der Waals surface area contributed by atoms with Crippen molar-refractivity contribution in [1.82, 2.24) is 4.98 Å². The van der Waals surface area contributed by atoms with Crippen molar-refractivity contribution < 1.29 is 4.92 Å². The highest BCUT2D eigenvalue weighted by molar-refractivity contribution is 5.99. The predicted octanol–water partition coefficient (Wildman–Crippen LogP) is 4.44. The molecule has 0 saturated carbocycles. The van der Waals surface area contributed by atoms with Gasteiger partial charge in [-0.25, -0.2) is 0 Å². The maximum absolute atomic E-state index is 11.2. The minimum atomic E-state index is -0.359. The van der Waals surface area contributed by atoms with E-state index in [1.54, 1.807) is 18.3 Å². The molecule has 2 aromatic rings. The van der Waals surface area contributed by atoms with Gasteiger partial charge in [-0.05, 0) is 38.8 Å². The zero-order chi connectivity index (χ0) is 15.6. The van der Waals surface area contributed by atoms with Crippen LogP contribution in [0.3, 0.4) is 0 Å². The maximum Gasteiger partial charge on any atom is 0.278 e. The molecule has 0 atom stereocenters. The number of aromatic nitrogens is 1. The first kappa shape index (κ1) is 15.2. The van der Waals surface area contributed by atoms with E-state index in [0.29, 0.717) is 5.39 Å². The molecule has 1 N–H and O–H groups in total. The summed E-state index contributed by atoms with van der Waals surface area (Å²) in [5.74, 6) is 0. The molecule has 0 fully saturated rings. The Morgan fingerprint density at radius 3 is 2.52 bits per heavy atom. The Labute approximate surface area is 124 Å². The average Bonchev–Trinajstić information content (AvgIpc) is 2.47. The van der Waals surface area contributed by atoms with Crippen LogP contribution in [0.5, 0.6) is 0 Å². The lowest BCUT2D eigenvalue weighted by atomic mass is 9.94. The van der Waals surface area contributed by atoms with Gasteiger partial charge in [-0.2, -0.15) is 0 Å². The van der Waals surface area contributed by atoms with Crippen LogP contribution in [0.4, 0.5) is 11.4 Å². The monoisotopic (exact) mass is 287 g/mol. The molecular weight excluding hydrogens is 266 g/mol. The molecule has 0 aliphatic carbocycles. The van der Waals surface area contributed by atoms with Crippen molar-refractivity contribution in [1.29, 1.82) is 0 Å². The number of nitro groups is 1. The maximum atomic E-state index is 11.2. The SMILES string of the molecule is CCC(C)(CC)Nc1ccc([N+](=O)[O-])c2cnc(C)cc12. The molecule has 0 saturated heterocycles. The molecule has 0 aliphatic rings. The summed E-state index contributed by atoms with van der Waals surface area (Å²) >= 11 is 0. The molecule has 1 aromatic carbocycles. The van der Waals surface area contributed by atoms with E-state index < -0.39 is 0 Å². The molecule has 0 amide bonds. The Hall–Kier alpha value is -2.17. The van der Waals surface area contributed by atoms with Gasteiger partial charge in [0.1, 0.15) is 0 Å². The van der Waals surface area contributed by atoms with Gasteiger partial charge in [0, 0.05) is 34.6 Å². The van der Waals surface area contributed by atoms with Crippen molar-refractivity contribution in [2.24, 2.45) is 0 Å². The van der Waals surface area contributed by atoms with E-state index in [9.17, 15) is 10.1 Å². The van der Waals surface area contributed by atoms with Gasteiger partial charge in [-0.3, -0.25) is 15.1 Å². The number of nitrogens with one attached hydrogen (secondary N) is 1. The molecule has 5 heteroatoms. The third kappa shape index (κ3) is 2.96. The zero-order valence-electron chi connectivity index (χ0n) is 12.9. The number of hydrogen-bond donors (Lipinski definition) is 1. The lowest BCUT2D eigenvalue weighted by Gasteiger charge is -2.30. The number of pyridine rings is 1. The van der Waals surface area contributed by atoms with Gasteiger partial charge in [-0.15, -0.1) is 0 Å². The van der Waals surface area contributed by atoms with Crippen LogP contribution in [0.25, 0.3) is 10.8 Å². The van der Waals surface area contributed by atoms with Crippen molar-refractivity contribution in [3.8, 4) is 0 Å². The minimum Gasteiger partial charge on any atom is -0.379 e.